The van der Waals surface area contributed by atoms with Gasteiger partial charge in [0.1, 0.15) is 23.3 Å². The van der Waals surface area contributed by atoms with Crippen LogP contribution in [0.4, 0.5) is 4.39 Å². The molecule has 3 rings (SSSR count). The Balaban J connectivity index is 2.18. The Hall–Kier alpha value is -1.88. The first-order valence-electron chi connectivity index (χ1n) is 6.58. The van der Waals surface area contributed by atoms with Gasteiger partial charge in [0, 0.05) is 31.9 Å². The quantitative estimate of drug-likeness (QED) is 0.844. The summed E-state index contributed by atoms with van der Waals surface area (Å²) in [6.45, 7) is 1.60. The van der Waals surface area contributed by atoms with Crippen LogP contribution >= 0.6 is 0 Å². The molecule has 1 N–H and O–H groups in total. The predicted octanol–water partition coefficient (Wildman–Crippen LogP) is 2.01. The van der Waals surface area contributed by atoms with E-state index in [2.05, 4.69) is 0 Å². The monoisotopic (exact) mass is 265 g/mol. The molecule has 1 aromatic carbocycles. The molecule has 1 aromatic heterocycles. The molecule has 0 aliphatic carbocycles. The van der Waals surface area contributed by atoms with Crippen LogP contribution in [0.1, 0.15) is 20.3 Å². The predicted molar refractivity (Wildman–Crippen MR) is 66.9 cm³/mol. The van der Waals surface area contributed by atoms with Gasteiger partial charge >= 0.3 is 5.63 Å². The lowest BCUT2D eigenvalue weighted by molar-refractivity contribution is 0.118. The van der Waals surface area contributed by atoms with Crippen molar-refractivity contribution in [3.8, 4) is 5.75 Å². The number of halogens is 1. The molecule has 0 amide bonds. The minimum atomic E-state index is -0.826. The van der Waals surface area contributed by atoms with E-state index in [4.69, 9.17) is 10.5 Å². The summed E-state index contributed by atoms with van der Waals surface area (Å²) in [5, 5.41) is 9.57. The molecular weight excluding hydrogens is 251 g/mol. The molecule has 0 fully saturated rings. The smallest absolute Gasteiger partial charge is 0.336 e. The van der Waals surface area contributed by atoms with Crippen LogP contribution in [-0.4, -0.2) is 17.3 Å². The summed E-state index contributed by atoms with van der Waals surface area (Å²) in [4.78, 5) is 11.3. The Bertz CT molecular complexity index is 725. The fraction of sp³-hybridized carbons (Fsp3) is 0.357. The van der Waals surface area contributed by atoms with Crippen molar-refractivity contribution in [3.63, 3.8) is 0 Å². The third-order valence-electron chi connectivity index (χ3n) is 3.06. The Morgan fingerprint density at radius 1 is 1.63 bits per heavy atom. The Kier molecular flexibility index (Phi) is 2.51. The molecule has 3 atom stereocenters. The van der Waals surface area contributed by atoms with Gasteiger partial charge in [0.15, 0.2) is 0 Å². The van der Waals surface area contributed by atoms with Gasteiger partial charge in [-0.05, 0) is 13.0 Å². The number of hydrogen-bond donors (Lipinski definition) is 1. The normalized spacial score (nSPS) is 23.8. The van der Waals surface area contributed by atoms with E-state index in [1.165, 1.54) is 12.1 Å². The maximum atomic E-state index is 13.9. The molecule has 19 heavy (non-hydrogen) atoms. The van der Waals surface area contributed by atoms with Crippen molar-refractivity contribution in [2.24, 2.45) is 0 Å². The number of hydrogen-bond acceptors (Lipinski definition) is 4. The number of fused-ring (bicyclic) bond motifs is 3. The molecule has 2 heterocycles. The van der Waals surface area contributed by atoms with Gasteiger partial charge < -0.3 is 14.3 Å². The van der Waals surface area contributed by atoms with Crippen molar-refractivity contribution in [1.29, 1.82) is 0 Å². The second-order valence-electron chi connectivity index (χ2n) is 4.68. The van der Waals surface area contributed by atoms with Gasteiger partial charge in [0.25, 0.3) is 0 Å². The van der Waals surface area contributed by atoms with Gasteiger partial charge in [-0.1, -0.05) is 0 Å². The Morgan fingerprint density at radius 2 is 2.42 bits per heavy atom. The average molecular weight is 265 g/mol. The van der Waals surface area contributed by atoms with Gasteiger partial charge in [-0.15, -0.1) is 0 Å². The zero-order valence-corrected chi connectivity index (χ0v) is 10.2. The molecule has 1 aliphatic rings. The van der Waals surface area contributed by atoms with Crippen molar-refractivity contribution < 1.29 is 20.0 Å². The molecule has 0 spiro atoms. The first-order valence-corrected chi connectivity index (χ1v) is 6.00. The molecule has 0 saturated carbocycles. The average Bonchev–Trinajstić information content (AvgIpc) is 2.65. The second-order valence-corrected chi connectivity index (χ2v) is 4.68. The summed E-state index contributed by atoms with van der Waals surface area (Å²) in [7, 11) is 0. The molecule has 2 aromatic rings. The molecular formula is C14H13FO4. The number of aliphatic hydroxyl groups excluding tert-OH is 1. The minimum Gasteiger partial charge on any atom is -0.489 e. The standard InChI is InChI=1S/C14H13FO4/c1-7(16)4-8-5-10-12(18-8)6-11(15)9-2-3-13(17)19-14(9)10/h2-3,6-8,16H,4-5H2,1H3/t7?,8-/m0/s1/i5D/t5-,7?,8-. The first-order chi connectivity index (χ1) is 9.47. The Morgan fingerprint density at radius 3 is 3.16 bits per heavy atom. The highest BCUT2D eigenvalue weighted by Gasteiger charge is 2.28. The summed E-state index contributed by atoms with van der Waals surface area (Å²) in [5.74, 6) is -0.359. The highest BCUT2D eigenvalue weighted by Crippen LogP contribution is 2.37. The van der Waals surface area contributed by atoms with E-state index < -0.39 is 30.0 Å². The van der Waals surface area contributed by atoms with Crippen molar-refractivity contribution in [3.05, 3.63) is 40.0 Å². The lowest BCUT2D eigenvalue weighted by Crippen LogP contribution is -2.19. The zero-order chi connectivity index (χ0) is 14.4. The molecule has 1 unspecified atom stereocenters. The number of benzene rings is 1. The van der Waals surface area contributed by atoms with E-state index in [0.29, 0.717) is 5.56 Å². The zero-order valence-electron chi connectivity index (χ0n) is 11.2. The maximum absolute atomic E-state index is 13.9. The van der Waals surface area contributed by atoms with Crippen molar-refractivity contribution in [1.82, 2.24) is 0 Å². The summed E-state index contributed by atoms with van der Waals surface area (Å²) in [6.07, 6.45) is -1.79. The second kappa shape index (κ2) is 4.35. The fourth-order valence-electron chi connectivity index (χ4n) is 2.28. The van der Waals surface area contributed by atoms with E-state index in [1.807, 2.05) is 0 Å². The number of ether oxygens (including phenoxy) is 1. The summed E-state index contributed by atoms with van der Waals surface area (Å²) in [5.41, 5.74) is -0.179. The highest BCUT2D eigenvalue weighted by atomic mass is 19.1. The minimum absolute atomic E-state index is 0.0561. The van der Waals surface area contributed by atoms with E-state index in [0.717, 1.165) is 6.07 Å². The molecule has 5 heteroatoms. The van der Waals surface area contributed by atoms with Crippen LogP contribution < -0.4 is 10.4 Å². The van der Waals surface area contributed by atoms with Crippen LogP contribution in [0.3, 0.4) is 0 Å². The van der Waals surface area contributed by atoms with Gasteiger partial charge in [-0.25, -0.2) is 9.18 Å². The van der Waals surface area contributed by atoms with Gasteiger partial charge in [0.05, 0.1) is 11.5 Å². The molecule has 100 valence electrons. The third-order valence-corrected chi connectivity index (χ3v) is 3.06. The lowest BCUT2D eigenvalue weighted by atomic mass is 10.0. The van der Waals surface area contributed by atoms with Crippen LogP contribution in [-0.2, 0) is 6.40 Å². The largest absolute Gasteiger partial charge is 0.489 e. The summed E-state index contributed by atoms with van der Waals surface area (Å²) < 4.78 is 32.7. The van der Waals surface area contributed by atoms with Crippen LogP contribution in [0.25, 0.3) is 11.0 Å². The topological polar surface area (TPSA) is 59.7 Å². The van der Waals surface area contributed by atoms with Gasteiger partial charge in [-0.2, -0.15) is 0 Å². The van der Waals surface area contributed by atoms with E-state index in [1.54, 1.807) is 6.92 Å². The van der Waals surface area contributed by atoms with Gasteiger partial charge in [-0.3, -0.25) is 0 Å². The van der Waals surface area contributed by atoms with E-state index in [9.17, 15) is 14.3 Å². The molecule has 0 saturated heterocycles. The van der Waals surface area contributed by atoms with Crippen molar-refractivity contribution in [2.75, 3.05) is 0 Å². The molecule has 0 radical (unpaired) electrons. The van der Waals surface area contributed by atoms with Gasteiger partial charge in [0.2, 0.25) is 0 Å². The van der Waals surface area contributed by atoms with Crippen molar-refractivity contribution >= 4 is 11.0 Å². The maximum Gasteiger partial charge on any atom is 0.336 e. The SMILES string of the molecule is [2H][C@@H]1c2c(cc(F)c3ccc(=O)oc23)O[C@H]1CC(C)O. The van der Waals surface area contributed by atoms with Crippen LogP contribution in [0.15, 0.2) is 27.4 Å². The first kappa shape index (κ1) is 11.0. The summed E-state index contributed by atoms with van der Waals surface area (Å²) >= 11 is 0. The van der Waals surface area contributed by atoms with E-state index >= 15 is 0 Å². The van der Waals surface area contributed by atoms with E-state index in [-0.39, 0.29) is 23.1 Å². The van der Waals surface area contributed by atoms with Crippen LogP contribution in [0.5, 0.6) is 5.75 Å². The number of aliphatic hydroxyl groups is 1. The van der Waals surface area contributed by atoms with Crippen molar-refractivity contribution in [2.45, 2.75) is 31.9 Å². The molecule has 1 aliphatic heterocycles. The van der Waals surface area contributed by atoms with Crippen LogP contribution in [0, 0.1) is 5.82 Å². The molecule has 4 nitrogen and oxygen atoms in total. The summed E-state index contributed by atoms with van der Waals surface area (Å²) in [6, 6.07) is 3.67. The Labute approximate surface area is 109 Å². The molecule has 0 bridgehead atoms. The fourth-order valence-corrected chi connectivity index (χ4v) is 2.28. The third kappa shape index (κ3) is 2.10. The number of rotatable bonds is 2. The highest BCUT2D eigenvalue weighted by molar-refractivity contribution is 5.83. The van der Waals surface area contributed by atoms with Crippen LogP contribution in [0.2, 0.25) is 0 Å². The lowest BCUT2D eigenvalue weighted by Gasteiger charge is -2.11.